The first-order chi connectivity index (χ1) is 29.3. The van der Waals surface area contributed by atoms with Crippen LogP contribution < -0.4 is 5.73 Å². The van der Waals surface area contributed by atoms with Crippen molar-refractivity contribution in [1.82, 2.24) is 0 Å². The molecule has 0 aliphatic heterocycles. The SMILES string of the molecule is CCCCCCCC/C=C\CCCCCCCCCC(=O)O[C@H](COC(=O)CCC/C=C/C[C@@H]1[C@@H](/C=C/[C@@H](O)CCCCC)[C@H](O)C[C@@H]1O)COP(=O)(O)OC[C@H](N)C(=O)O. The summed E-state index contributed by atoms with van der Waals surface area (Å²) in [6.45, 7) is 2.46. The molecule has 0 aromatic heterocycles. The first-order valence-electron chi connectivity index (χ1n) is 23.3. The molecule has 0 amide bonds. The summed E-state index contributed by atoms with van der Waals surface area (Å²) in [6.07, 6.45) is 31.6. The van der Waals surface area contributed by atoms with Crippen molar-refractivity contribution >= 4 is 25.7 Å². The lowest BCUT2D eigenvalue weighted by molar-refractivity contribution is -0.161. The molecule has 354 valence electrons. The number of ether oxygens (including phenoxy) is 2. The Morgan fingerprint density at radius 2 is 1.25 bits per heavy atom. The monoisotopic (exact) mass is 888 g/mol. The van der Waals surface area contributed by atoms with E-state index in [2.05, 4.69) is 30.5 Å². The normalized spacial score (nSPS) is 20.6. The van der Waals surface area contributed by atoms with Gasteiger partial charge in [-0.3, -0.25) is 23.4 Å². The fourth-order valence-corrected chi connectivity index (χ4v) is 7.95. The summed E-state index contributed by atoms with van der Waals surface area (Å²) >= 11 is 0. The van der Waals surface area contributed by atoms with Crippen LogP contribution in [0.1, 0.15) is 174 Å². The minimum Gasteiger partial charge on any atom is -0.480 e. The summed E-state index contributed by atoms with van der Waals surface area (Å²) in [5, 5.41) is 40.2. The number of nitrogens with two attached hydrogens (primary N) is 1. The number of aliphatic hydroxyl groups excluding tert-OH is 3. The molecule has 0 spiro atoms. The van der Waals surface area contributed by atoms with Gasteiger partial charge in [-0.1, -0.05) is 134 Å². The minimum atomic E-state index is -4.78. The molecular formula is C46H82NO13P. The molecule has 0 heterocycles. The van der Waals surface area contributed by atoms with E-state index in [0.29, 0.717) is 32.1 Å². The van der Waals surface area contributed by atoms with Gasteiger partial charge in [-0.2, -0.15) is 0 Å². The van der Waals surface area contributed by atoms with Crippen molar-refractivity contribution < 1.29 is 62.8 Å². The van der Waals surface area contributed by atoms with Crippen molar-refractivity contribution in [3.05, 3.63) is 36.5 Å². The fraction of sp³-hybridized carbons (Fsp3) is 0.804. The summed E-state index contributed by atoms with van der Waals surface area (Å²) in [5.74, 6) is -3.06. The molecule has 1 rings (SSSR count). The number of hydrogen-bond donors (Lipinski definition) is 6. The number of allylic oxidation sites excluding steroid dienone is 4. The highest BCUT2D eigenvalue weighted by atomic mass is 31.2. The zero-order valence-electron chi connectivity index (χ0n) is 37.3. The minimum absolute atomic E-state index is 0.0442. The number of carboxylic acids is 1. The van der Waals surface area contributed by atoms with Crippen molar-refractivity contribution in [3.63, 3.8) is 0 Å². The first-order valence-corrected chi connectivity index (χ1v) is 24.8. The van der Waals surface area contributed by atoms with E-state index in [1.807, 2.05) is 18.2 Å². The molecule has 0 radical (unpaired) electrons. The molecule has 1 aliphatic carbocycles. The highest BCUT2D eigenvalue weighted by Gasteiger charge is 2.39. The number of carboxylic acid groups (broad SMARTS) is 1. The maximum Gasteiger partial charge on any atom is 0.472 e. The van der Waals surface area contributed by atoms with Crippen LogP contribution in [-0.2, 0) is 37.5 Å². The summed E-state index contributed by atoms with van der Waals surface area (Å²) in [4.78, 5) is 46.2. The van der Waals surface area contributed by atoms with E-state index in [9.17, 15) is 39.2 Å². The van der Waals surface area contributed by atoms with E-state index in [1.165, 1.54) is 57.8 Å². The molecule has 0 aromatic rings. The van der Waals surface area contributed by atoms with Crippen LogP contribution in [0.2, 0.25) is 0 Å². The molecule has 15 heteroatoms. The first kappa shape index (κ1) is 56.6. The predicted molar refractivity (Wildman–Crippen MR) is 237 cm³/mol. The third kappa shape index (κ3) is 30.3. The highest BCUT2D eigenvalue weighted by Crippen LogP contribution is 2.43. The zero-order chi connectivity index (χ0) is 45.1. The number of hydrogen-bond acceptors (Lipinski definition) is 12. The quantitative estimate of drug-likeness (QED) is 0.0147. The molecule has 7 N–H and O–H groups in total. The average molecular weight is 888 g/mol. The van der Waals surface area contributed by atoms with Gasteiger partial charge in [0.15, 0.2) is 6.10 Å². The maximum absolute atomic E-state index is 12.7. The molecule has 1 aliphatic rings. The van der Waals surface area contributed by atoms with Crippen molar-refractivity contribution in [2.24, 2.45) is 17.6 Å². The van der Waals surface area contributed by atoms with Crippen LogP contribution >= 0.6 is 7.82 Å². The van der Waals surface area contributed by atoms with E-state index in [1.54, 1.807) is 6.08 Å². The lowest BCUT2D eigenvalue weighted by Crippen LogP contribution is -2.34. The lowest BCUT2D eigenvalue weighted by Gasteiger charge is -2.20. The van der Waals surface area contributed by atoms with Crippen LogP contribution in [0.5, 0.6) is 0 Å². The van der Waals surface area contributed by atoms with Gasteiger partial charge in [0.05, 0.1) is 31.5 Å². The Bertz CT molecular complexity index is 1290. The predicted octanol–water partition coefficient (Wildman–Crippen LogP) is 8.78. The molecule has 0 bridgehead atoms. The molecule has 1 unspecified atom stereocenters. The summed E-state index contributed by atoms with van der Waals surface area (Å²) in [7, 11) is -4.78. The van der Waals surface area contributed by atoms with E-state index in [-0.39, 0.29) is 31.1 Å². The fourth-order valence-electron chi connectivity index (χ4n) is 7.17. The second-order valence-electron chi connectivity index (χ2n) is 16.5. The van der Waals surface area contributed by atoms with Gasteiger partial charge in [-0.25, -0.2) is 4.57 Å². The molecule has 14 nitrogen and oxygen atoms in total. The van der Waals surface area contributed by atoms with Gasteiger partial charge < -0.3 is 40.5 Å². The zero-order valence-corrected chi connectivity index (χ0v) is 38.2. The number of aliphatic hydroxyl groups is 3. The van der Waals surface area contributed by atoms with Gasteiger partial charge in [-0.05, 0) is 63.7 Å². The molecule has 61 heavy (non-hydrogen) atoms. The van der Waals surface area contributed by atoms with Gasteiger partial charge in [0.2, 0.25) is 0 Å². The third-order valence-electron chi connectivity index (χ3n) is 10.9. The smallest absolute Gasteiger partial charge is 0.472 e. The van der Waals surface area contributed by atoms with Crippen molar-refractivity contribution in [3.8, 4) is 0 Å². The number of phosphoric ester groups is 1. The van der Waals surface area contributed by atoms with E-state index in [0.717, 1.165) is 51.4 Å². The Hall–Kier alpha value is -2.42. The largest absolute Gasteiger partial charge is 0.480 e. The van der Waals surface area contributed by atoms with Crippen molar-refractivity contribution in [1.29, 1.82) is 0 Å². The molecule has 1 saturated carbocycles. The number of unbranched alkanes of at least 4 members (excludes halogenated alkanes) is 16. The van der Waals surface area contributed by atoms with Crippen LogP contribution in [0.4, 0.5) is 0 Å². The summed E-state index contributed by atoms with van der Waals surface area (Å²) in [6, 6.07) is -1.56. The Balaban J connectivity index is 2.47. The van der Waals surface area contributed by atoms with Gasteiger partial charge in [0, 0.05) is 25.2 Å². The van der Waals surface area contributed by atoms with Crippen LogP contribution in [0, 0.1) is 11.8 Å². The van der Waals surface area contributed by atoms with Crippen LogP contribution in [-0.4, -0.2) is 93.5 Å². The van der Waals surface area contributed by atoms with Gasteiger partial charge >= 0.3 is 25.7 Å². The van der Waals surface area contributed by atoms with Crippen LogP contribution in [0.15, 0.2) is 36.5 Å². The number of esters is 2. The molecular weight excluding hydrogens is 805 g/mol. The second-order valence-corrected chi connectivity index (χ2v) is 18.0. The Labute approximate surface area is 366 Å². The number of carbonyl (C=O) groups is 3. The Morgan fingerprint density at radius 1 is 0.705 bits per heavy atom. The molecule has 1 fully saturated rings. The number of rotatable bonds is 39. The van der Waals surface area contributed by atoms with Gasteiger partial charge in [-0.15, -0.1) is 0 Å². The van der Waals surface area contributed by atoms with E-state index in [4.69, 9.17) is 24.8 Å². The highest BCUT2D eigenvalue weighted by molar-refractivity contribution is 7.47. The number of phosphoric acid groups is 1. The van der Waals surface area contributed by atoms with E-state index < -0.39 is 76.0 Å². The molecule has 0 saturated heterocycles. The average Bonchev–Trinajstić information content (AvgIpc) is 3.49. The second kappa shape index (κ2) is 36.0. The topological polar surface area (TPSA) is 232 Å². The van der Waals surface area contributed by atoms with Crippen LogP contribution in [0.3, 0.4) is 0 Å². The molecule has 8 atom stereocenters. The number of aliphatic carboxylic acids is 1. The van der Waals surface area contributed by atoms with Gasteiger partial charge in [0.1, 0.15) is 12.6 Å². The molecule has 0 aromatic carbocycles. The van der Waals surface area contributed by atoms with Gasteiger partial charge in [0.25, 0.3) is 0 Å². The summed E-state index contributed by atoms with van der Waals surface area (Å²) < 4.78 is 32.7. The Morgan fingerprint density at radius 3 is 1.89 bits per heavy atom. The maximum atomic E-state index is 12.7. The third-order valence-corrected chi connectivity index (χ3v) is 11.9. The lowest BCUT2D eigenvalue weighted by atomic mass is 9.89. The van der Waals surface area contributed by atoms with Crippen molar-refractivity contribution in [2.75, 3.05) is 19.8 Å². The standard InChI is InChI=1S/C46H82NO13P/c1-3-5-7-8-9-10-11-12-13-14-15-16-17-18-19-20-26-30-45(52)60-38(35-58-61(55,56)59-36-41(47)46(53)54)34-57-44(51)29-25-22-21-24-28-39-40(43(50)33-42(39)49)32-31-37(48)27-23-6-4-2/h12-13,21,24,31-32,37-43,48-50H,3-11,14-20,22-23,25-30,33-36,47H2,1-2H3,(H,53,54)(H,55,56)/b13-12-,24-21+,32-31+/t37-,38+,39+,40+,41-,42-,43+/m0/s1. The number of carbonyl (C=O) groups excluding carboxylic acids is 2. The van der Waals surface area contributed by atoms with E-state index >= 15 is 0 Å². The van der Waals surface area contributed by atoms with Crippen molar-refractivity contribution in [2.45, 2.75) is 205 Å². The van der Waals surface area contributed by atoms with Crippen LogP contribution in [0.25, 0.3) is 0 Å². The Kier molecular flexibility index (Phi) is 33.4. The summed E-state index contributed by atoms with van der Waals surface area (Å²) in [5.41, 5.74) is 5.33.